The SMILES string of the molecule is CCCC1(C(=O)O)CCN(C(=O)c2ccccc2Cl)C1. The zero-order valence-corrected chi connectivity index (χ0v) is 12.2. The third-order valence-corrected chi connectivity index (χ3v) is 4.26. The Balaban J connectivity index is 2.19. The highest BCUT2D eigenvalue weighted by molar-refractivity contribution is 6.33. The lowest BCUT2D eigenvalue weighted by Crippen LogP contribution is -2.37. The molecule has 1 heterocycles. The Morgan fingerprint density at radius 1 is 1.40 bits per heavy atom. The van der Waals surface area contributed by atoms with Gasteiger partial charge in [-0.25, -0.2) is 0 Å². The number of halogens is 1. The Kier molecular flexibility index (Phi) is 4.33. The van der Waals surface area contributed by atoms with Gasteiger partial charge in [0.2, 0.25) is 0 Å². The topological polar surface area (TPSA) is 57.6 Å². The van der Waals surface area contributed by atoms with Crippen molar-refractivity contribution < 1.29 is 14.7 Å². The van der Waals surface area contributed by atoms with Gasteiger partial charge >= 0.3 is 5.97 Å². The maximum absolute atomic E-state index is 12.4. The van der Waals surface area contributed by atoms with E-state index in [-0.39, 0.29) is 12.5 Å². The van der Waals surface area contributed by atoms with Crippen molar-refractivity contribution in [1.29, 1.82) is 0 Å². The zero-order chi connectivity index (χ0) is 14.8. The second kappa shape index (κ2) is 5.83. The summed E-state index contributed by atoms with van der Waals surface area (Å²) in [6.45, 7) is 2.69. The fraction of sp³-hybridized carbons (Fsp3) is 0.467. The van der Waals surface area contributed by atoms with E-state index in [1.165, 1.54) is 0 Å². The Labute approximate surface area is 123 Å². The summed E-state index contributed by atoms with van der Waals surface area (Å²) in [5, 5.41) is 9.86. The minimum atomic E-state index is -0.811. The Bertz CT molecular complexity index is 532. The summed E-state index contributed by atoms with van der Waals surface area (Å²) < 4.78 is 0. The summed E-state index contributed by atoms with van der Waals surface area (Å²) in [5.41, 5.74) is -0.363. The van der Waals surface area contributed by atoms with Crippen molar-refractivity contribution in [2.45, 2.75) is 26.2 Å². The maximum atomic E-state index is 12.4. The molecule has 1 aliphatic rings. The van der Waals surface area contributed by atoms with E-state index in [0.717, 1.165) is 6.42 Å². The first-order chi connectivity index (χ1) is 9.50. The molecule has 1 N–H and O–H groups in total. The summed E-state index contributed by atoms with van der Waals surface area (Å²) in [6, 6.07) is 6.86. The summed E-state index contributed by atoms with van der Waals surface area (Å²) in [6.07, 6.45) is 1.89. The van der Waals surface area contributed by atoms with Crippen molar-refractivity contribution in [1.82, 2.24) is 4.90 Å². The van der Waals surface area contributed by atoms with Gasteiger partial charge in [-0.15, -0.1) is 0 Å². The molecule has 1 aromatic carbocycles. The van der Waals surface area contributed by atoms with Crippen molar-refractivity contribution >= 4 is 23.5 Å². The molecule has 0 aromatic heterocycles. The lowest BCUT2D eigenvalue weighted by molar-refractivity contribution is -0.148. The van der Waals surface area contributed by atoms with Crippen molar-refractivity contribution in [2.24, 2.45) is 5.41 Å². The van der Waals surface area contributed by atoms with Crippen molar-refractivity contribution in [3.05, 3.63) is 34.9 Å². The molecule has 5 heteroatoms. The van der Waals surface area contributed by atoms with Gasteiger partial charge in [-0.05, 0) is 25.0 Å². The fourth-order valence-corrected chi connectivity index (χ4v) is 3.03. The van der Waals surface area contributed by atoms with Crippen LogP contribution in [0.2, 0.25) is 5.02 Å². The van der Waals surface area contributed by atoms with Crippen LogP contribution in [-0.2, 0) is 4.79 Å². The molecular formula is C15H18ClNO3. The molecule has 0 radical (unpaired) electrons. The minimum absolute atomic E-state index is 0.185. The molecule has 108 valence electrons. The number of carboxylic acids is 1. The van der Waals surface area contributed by atoms with Crippen LogP contribution in [-0.4, -0.2) is 35.0 Å². The second-order valence-electron chi connectivity index (χ2n) is 5.29. The third-order valence-electron chi connectivity index (χ3n) is 3.93. The summed E-state index contributed by atoms with van der Waals surface area (Å²) >= 11 is 6.03. The highest BCUT2D eigenvalue weighted by atomic mass is 35.5. The molecule has 0 bridgehead atoms. The maximum Gasteiger partial charge on any atom is 0.311 e. The third kappa shape index (κ3) is 2.66. The van der Waals surface area contributed by atoms with Crippen LogP contribution in [0.3, 0.4) is 0 Å². The standard InChI is InChI=1S/C15H18ClNO3/c1-2-7-15(14(19)20)8-9-17(10-15)13(18)11-5-3-4-6-12(11)16/h3-6H,2,7-10H2,1H3,(H,19,20). The number of carbonyl (C=O) groups excluding carboxylic acids is 1. The molecule has 0 saturated carbocycles. The van der Waals surface area contributed by atoms with Crippen LogP contribution in [0.4, 0.5) is 0 Å². The van der Waals surface area contributed by atoms with E-state index in [0.29, 0.717) is 30.0 Å². The van der Waals surface area contributed by atoms with Crippen LogP contribution >= 0.6 is 11.6 Å². The van der Waals surface area contributed by atoms with Gasteiger partial charge in [0.05, 0.1) is 16.0 Å². The van der Waals surface area contributed by atoms with E-state index in [4.69, 9.17) is 11.6 Å². The van der Waals surface area contributed by atoms with Gasteiger partial charge in [0.25, 0.3) is 5.91 Å². The molecule has 1 fully saturated rings. The van der Waals surface area contributed by atoms with Crippen molar-refractivity contribution in [3.63, 3.8) is 0 Å². The second-order valence-corrected chi connectivity index (χ2v) is 5.70. The van der Waals surface area contributed by atoms with Crippen LogP contribution in [0.15, 0.2) is 24.3 Å². The minimum Gasteiger partial charge on any atom is -0.481 e. The zero-order valence-electron chi connectivity index (χ0n) is 11.4. The number of carbonyl (C=O) groups is 2. The highest BCUT2D eigenvalue weighted by Crippen LogP contribution is 2.36. The fourth-order valence-electron chi connectivity index (χ4n) is 2.81. The van der Waals surface area contributed by atoms with Gasteiger partial charge in [-0.2, -0.15) is 0 Å². The smallest absolute Gasteiger partial charge is 0.311 e. The van der Waals surface area contributed by atoms with E-state index in [1.54, 1.807) is 29.2 Å². The first kappa shape index (κ1) is 14.9. The van der Waals surface area contributed by atoms with E-state index in [9.17, 15) is 14.7 Å². The Morgan fingerprint density at radius 3 is 2.70 bits per heavy atom. The number of aliphatic carboxylic acids is 1. The van der Waals surface area contributed by atoms with Crippen molar-refractivity contribution in [3.8, 4) is 0 Å². The van der Waals surface area contributed by atoms with Gasteiger partial charge in [-0.3, -0.25) is 9.59 Å². The summed E-state index contributed by atoms with van der Waals surface area (Å²) in [5.74, 6) is -0.997. The number of carboxylic acid groups (broad SMARTS) is 1. The van der Waals surface area contributed by atoms with Gasteiger partial charge in [0.15, 0.2) is 0 Å². The molecular weight excluding hydrogens is 278 g/mol. The lowest BCUT2D eigenvalue weighted by Gasteiger charge is -2.24. The molecule has 2 rings (SSSR count). The van der Waals surface area contributed by atoms with Crippen LogP contribution in [0.5, 0.6) is 0 Å². The number of nitrogens with zero attached hydrogens (tertiary/aromatic N) is 1. The molecule has 1 unspecified atom stereocenters. The van der Waals surface area contributed by atoms with Crippen LogP contribution in [0.25, 0.3) is 0 Å². The molecule has 1 amide bonds. The molecule has 1 aliphatic heterocycles. The largest absolute Gasteiger partial charge is 0.481 e. The first-order valence-corrected chi connectivity index (χ1v) is 7.15. The Hall–Kier alpha value is -1.55. The number of hydrogen-bond acceptors (Lipinski definition) is 2. The molecule has 1 aromatic rings. The first-order valence-electron chi connectivity index (χ1n) is 6.77. The number of hydrogen-bond donors (Lipinski definition) is 1. The number of amides is 1. The molecule has 0 aliphatic carbocycles. The predicted octanol–water partition coefficient (Wildman–Crippen LogP) is 3.06. The number of likely N-dealkylation sites (tertiary alicyclic amines) is 1. The predicted molar refractivity (Wildman–Crippen MR) is 76.9 cm³/mol. The molecule has 20 heavy (non-hydrogen) atoms. The monoisotopic (exact) mass is 295 g/mol. The van der Waals surface area contributed by atoms with Gasteiger partial charge in [-0.1, -0.05) is 37.1 Å². The Morgan fingerprint density at radius 2 is 2.10 bits per heavy atom. The quantitative estimate of drug-likeness (QED) is 0.929. The highest BCUT2D eigenvalue weighted by Gasteiger charge is 2.45. The average molecular weight is 296 g/mol. The normalized spacial score (nSPS) is 22.0. The van der Waals surface area contributed by atoms with Crippen molar-refractivity contribution in [2.75, 3.05) is 13.1 Å². The summed E-state index contributed by atoms with van der Waals surface area (Å²) in [4.78, 5) is 25.6. The van der Waals surface area contributed by atoms with Crippen LogP contribution in [0, 0.1) is 5.41 Å². The lowest BCUT2D eigenvalue weighted by atomic mass is 9.83. The molecule has 0 spiro atoms. The van der Waals surface area contributed by atoms with Gasteiger partial charge in [0.1, 0.15) is 0 Å². The van der Waals surface area contributed by atoms with E-state index >= 15 is 0 Å². The van der Waals surface area contributed by atoms with Crippen LogP contribution < -0.4 is 0 Å². The average Bonchev–Trinajstić information content (AvgIpc) is 2.85. The molecule has 1 saturated heterocycles. The van der Waals surface area contributed by atoms with E-state index < -0.39 is 11.4 Å². The van der Waals surface area contributed by atoms with E-state index in [2.05, 4.69) is 0 Å². The number of rotatable bonds is 4. The molecule has 4 nitrogen and oxygen atoms in total. The van der Waals surface area contributed by atoms with E-state index in [1.807, 2.05) is 6.92 Å². The molecule has 1 atom stereocenters. The summed E-state index contributed by atoms with van der Waals surface area (Å²) in [7, 11) is 0. The van der Waals surface area contributed by atoms with Crippen LogP contribution in [0.1, 0.15) is 36.5 Å². The number of benzene rings is 1. The van der Waals surface area contributed by atoms with Gasteiger partial charge < -0.3 is 10.0 Å². The van der Waals surface area contributed by atoms with Gasteiger partial charge in [0, 0.05) is 13.1 Å².